The fourth-order valence-electron chi connectivity index (χ4n) is 3.98. The van der Waals surface area contributed by atoms with Crippen LogP contribution in [0.2, 0.25) is 5.02 Å². The Hall–Kier alpha value is -2.99. The van der Waals surface area contributed by atoms with Gasteiger partial charge in [-0.25, -0.2) is 0 Å². The van der Waals surface area contributed by atoms with Crippen LogP contribution in [0, 0.1) is 0 Å². The largest absolute Gasteiger partial charge is 0.507 e. The number of ketones is 1. The van der Waals surface area contributed by atoms with Gasteiger partial charge in [-0.05, 0) is 60.7 Å². The van der Waals surface area contributed by atoms with Crippen molar-refractivity contribution >= 4 is 29.1 Å². The average molecular weight is 458 g/mol. The van der Waals surface area contributed by atoms with Crippen LogP contribution < -0.4 is 4.74 Å². The Morgan fingerprint density at radius 3 is 2.47 bits per heavy atom. The van der Waals surface area contributed by atoms with Gasteiger partial charge in [-0.15, -0.1) is 0 Å². The molecule has 2 N–H and O–H groups in total. The van der Waals surface area contributed by atoms with Crippen LogP contribution >= 0.6 is 11.6 Å². The molecule has 32 heavy (non-hydrogen) atoms. The van der Waals surface area contributed by atoms with Crippen molar-refractivity contribution < 1.29 is 24.5 Å². The molecule has 1 aliphatic heterocycles. The third-order valence-electron chi connectivity index (χ3n) is 5.50. The second kappa shape index (κ2) is 9.65. The number of halogens is 1. The van der Waals surface area contributed by atoms with E-state index in [0.29, 0.717) is 36.4 Å². The summed E-state index contributed by atoms with van der Waals surface area (Å²) >= 11 is 6.11. The Bertz CT molecular complexity index is 1080. The fourth-order valence-corrected chi connectivity index (χ4v) is 4.17. The summed E-state index contributed by atoms with van der Waals surface area (Å²) < 4.78 is 5.70. The number of benzene rings is 2. The van der Waals surface area contributed by atoms with Crippen LogP contribution in [0.15, 0.2) is 42.0 Å². The number of aliphatic hydroxyl groups is 1. The fraction of sp³-hybridized carbons (Fsp3) is 0.360. The molecule has 0 radical (unpaired) electrons. The minimum absolute atomic E-state index is 0.00377. The number of aliphatic hydroxyl groups excluding tert-OH is 1. The highest BCUT2D eigenvalue weighted by molar-refractivity contribution is 6.46. The van der Waals surface area contributed by atoms with E-state index in [2.05, 4.69) is 0 Å². The Balaban J connectivity index is 2.21. The molecule has 1 saturated heterocycles. The van der Waals surface area contributed by atoms with E-state index in [4.69, 9.17) is 16.3 Å². The number of phenols is 1. The first kappa shape index (κ1) is 23.7. The van der Waals surface area contributed by atoms with Crippen LogP contribution in [-0.2, 0) is 9.59 Å². The highest BCUT2D eigenvalue weighted by Crippen LogP contribution is 2.42. The summed E-state index contributed by atoms with van der Waals surface area (Å²) in [4.78, 5) is 27.3. The van der Waals surface area contributed by atoms with Crippen molar-refractivity contribution in [3.63, 3.8) is 0 Å². The highest BCUT2D eigenvalue weighted by Gasteiger charge is 2.45. The van der Waals surface area contributed by atoms with Crippen LogP contribution in [0.1, 0.15) is 62.8 Å². The highest BCUT2D eigenvalue weighted by atomic mass is 35.5. The zero-order chi connectivity index (χ0) is 23.6. The molecule has 170 valence electrons. The number of amides is 1. The quantitative estimate of drug-likeness (QED) is 0.330. The Morgan fingerprint density at radius 2 is 1.88 bits per heavy atom. The zero-order valence-corrected chi connectivity index (χ0v) is 19.4. The molecule has 1 aliphatic rings. The van der Waals surface area contributed by atoms with E-state index in [0.717, 1.165) is 5.56 Å². The van der Waals surface area contributed by atoms with Crippen LogP contribution in [0.25, 0.3) is 5.76 Å². The van der Waals surface area contributed by atoms with Crippen molar-refractivity contribution in [2.45, 2.75) is 46.1 Å². The van der Waals surface area contributed by atoms with Gasteiger partial charge in [0.05, 0.1) is 23.2 Å². The van der Waals surface area contributed by atoms with Gasteiger partial charge in [-0.3, -0.25) is 9.59 Å². The van der Waals surface area contributed by atoms with Crippen molar-refractivity contribution in [2.75, 3.05) is 13.2 Å². The zero-order valence-electron chi connectivity index (χ0n) is 18.7. The monoisotopic (exact) mass is 457 g/mol. The predicted octanol–water partition coefficient (Wildman–Crippen LogP) is 5.40. The molecule has 1 amide bonds. The van der Waals surface area contributed by atoms with E-state index in [-0.39, 0.29) is 28.0 Å². The van der Waals surface area contributed by atoms with Crippen molar-refractivity contribution in [1.82, 2.24) is 4.90 Å². The maximum Gasteiger partial charge on any atom is 0.295 e. The molecule has 2 aromatic carbocycles. The average Bonchev–Trinajstić information content (AvgIpc) is 3.01. The standard InChI is InChI=1S/C25H28ClNO5/c1-5-11-27-22(15-7-9-19(28)18(26)13-15)21(24(30)25(27)31)23(29)16-8-10-20(32-6-2)17(12-16)14(3)4/h7-10,12-14,22,28-29H,5-6,11H2,1-4H3/b23-21-. The number of Topliss-reactive ketones (excluding diaryl/α,β-unsaturated/α-hetero) is 1. The van der Waals surface area contributed by atoms with Crippen LogP contribution in [0.3, 0.4) is 0 Å². The lowest BCUT2D eigenvalue weighted by molar-refractivity contribution is -0.139. The van der Waals surface area contributed by atoms with Crippen LogP contribution in [0.5, 0.6) is 11.5 Å². The second-order valence-corrected chi connectivity index (χ2v) is 8.45. The molecule has 7 heteroatoms. The van der Waals surface area contributed by atoms with Gasteiger partial charge in [0, 0.05) is 12.1 Å². The maximum atomic E-state index is 13.0. The molecule has 0 bridgehead atoms. The molecule has 0 spiro atoms. The minimum atomic E-state index is -0.804. The van der Waals surface area contributed by atoms with Gasteiger partial charge in [0.25, 0.3) is 11.7 Å². The smallest absolute Gasteiger partial charge is 0.295 e. The molecule has 1 fully saturated rings. The first-order valence-corrected chi connectivity index (χ1v) is 11.1. The van der Waals surface area contributed by atoms with Crippen molar-refractivity contribution in [3.05, 3.63) is 63.7 Å². The third kappa shape index (κ3) is 4.32. The number of carbonyl (C=O) groups excluding carboxylic acids is 2. The maximum absolute atomic E-state index is 13.0. The number of hydrogen-bond donors (Lipinski definition) is 2. The van der Waals surface area contributed by atoms with Gasteiger partial charge in [-0.1, -0.05) is 38.4 Å². The third-order valence-corrected chi connectivity index (χ3v) is 5.80. The van der Waals surface area contributed by atoms with Gasteiger partial charge < -0.3 is 19.8 Å². The minimum Gasteiger partial charge on any atom is -0.507 e. The molecule has 2 aromatic rings. The summed E-state index contributed by atoms with van der Waals surface area (Å²) in [6.07, 6.45) is 0.635. The lowest BCUT2D eigenvalue weighted by Gasteiger charge is -2.25. The number of aromatic hydroxyl groups is 1. The summed E-state index contributed by atoms with van der Waals surface area (Å²) in [5, 5.41) is 21.2. The van der Waals surface area contributed by atoms with E-state index in [1.54, 1.807) is 24.3 Å². The van der Waals surface area contributed by atoms with Gasteiger partial charge in [0.15, 0.2) is 0 Å². The van der Waals surface area contributed by atoms with Crippen LogP contribution in [-0.4, -0.2) is 40.0 Å². The Morgan fingerprint density at radius 1 is 1.16 bits per heavy atom. The van der Waals surface area contributed by atoms with Crippen molar-refractivity contribution in [3.8, 4) is 11.5 Å². The van der Waals surface area contributed by atoms with E-state index in [1.165, 1.54) is 17.0 Å². The van der Waals surface area contributed by atoms with Crippen LogP contribution in [0.4, 0.5) is 0 Å². The lowest BCUT2D eigenvalue weighted by Crippen LogP contribution is -2.30. The molecule has 6 nitrogen and oxygen atoms in total. The Labute approximate surface area is 193 Å². The molecular formula is C25H28ClNO5. The topological polar surface area (TPSA) is 87.1 Å². The summed E-state index contributed by atoms with van der Waals surface area (Å²) in [6.45, 7) is 8.68. The summed E-state index contributed by atoms with van der Waals surface area (Å²) in [7, 11) is 0. The van der Waals surface area contributed by atoms with Crippen molar-refractivity contribution in [2.24, 2.45) is 0 Å². The summed E-state index contributed by atoms with van der Waals surface area (Å²) in [5.41, 5.74) is 1.87. The van der Waals surface area contributed by atoms with E-state index in [9.17, 15) is 19.8 Å². The van der Waals surface area contributed by atoms with E-state index < -0.39 is 17.7 Å². The number of phenolic OH excluding ortho intramolecular Hbond substituents is 1. The summed E-state index contributed by atoms with van der Waals surface area (Å²) in [6, 6.07) is 8.97. The molecule has 1 atom stereocenters. The molecule has 0 aliphatic carbocycles. The van der Waals surface area contributed by atoms with E-state index >= 15 is 0 Å². The lowest BCUT2D eigenvalue weighted by atomic mass is 9.93. The number of likely N-dealkylation sites (tertiary alicyclic amines) is 1. The molecule has 1 heterocycles. The molecule has 0 saturated carbocycles. The Kier molecular flexibility index (Phi) is 7.14. The number of hydrogen-bond acceptors (Lipinski definition) is 5. The molecular weight excluding hydrogens is 430 g/mol. The normalized spacial score (nSPS) is 17.9. The van der Waals surface area contributed by atoms with Crippen molar-refractivity contribution in [1.29, 1.82) is 0 Å². The van der Waals surface area contributed by atoms with Gasteiger partial charge >= 0.3 is 0 Å². The predicted molar refractivity (Wildman–Crippen MR) is 124 cm³/mol. The first-order chi connectivity index (χ1) is 15.2. The second-order valence-electron chi connectivity index (χ2n) is 8.04. The first-order valence-electron chi connectivity index (χ1n) is 10.7. The van der Waals surface area contributed by atoms with Gasteiger partial charge in [0.2, 0.25) is 0 Å². The number of carbonyl (C=O) groups is 2. The molecule has 0 aromatic heterocycles. The molecule has 3 rings (SSSR count). The van der Waals surface area contributed by atoms with Gasteiger partial charge in [0.1, 0.15) is 17.3 Å². The number of nitrogens with zero attached hydrogens (tertiary/aromatic N) is 1. The van der Waals surface area contributed by atoms with Gasteiger partial charge in [-0.2, -0.15) is 0 Å². The number of rotatable bonds is 7. The number of ether oxygens (including phenoxy) is 1. The van der Waals surface area contributed by atoms with E-state index in [1.807, 2.05) is 27.7 Å². The summed E-state index contributed by atoms with van der Waals surface area (Å²) in [5.74, 6) is -0.925. The SMILES string of the molecule is CCCN1C(=O)C(=O)/C(=C(\O)c2ccc(OCC)c(C(C)C)c2)C1c1ccc(O)c(Cl)c1. The molecule has 1 unspecified atom stereocenters.